The van der Waals surface area contributed by atoms with E-state index in [9.17, 15) is 0 Å². The SMILES string of the molecule is COc1cccc(CN[C@H](C)c2ccccc2)c1OCc1c(Cl)cccc1Cl. The number of para-hydroxylation sites is 1. The van der Waals surface area contributed by atoms with Crippen LogP contribution in [0.25, 0.3) is 0 Å². The van der Waals surface area contributed by atoms with Gasteiger partial charge in [0.05, 0.1) is 7.11 Å². The fourth-order valence-electron chi connectivity index (χ4n) is 2.96. The third-order valence-electron chi connectivity index (χ3n) is 4.60. The van der Waals surface area contributed by atoms with Gasteiger partial charge in [-0.25, -0.2) is 0 Å². The zero-order valence-corrected chi connectivity index (χ0v) is 17.4. The van der Waals surface area contributed by atoms with E-state index in [1.165, 1.54) is 5.56 Å². The Morgan fingerprint density at radius 3 is 2.25 bits per heavy atom. The molecule has 3 aromatic carbocycles. The molecule has 146 valence electrons. The topological polar surface area (TPSA) is 30.5 Å². The van der Waals surface area contributed by atoms with E-state index in [4.69, 9.17) is 32.7 Å². The summed E-state index contributed by atoms with van der Waals surface area (Å²) in [5.41, 5.74) is 2.99. The number of rotatable bonds is 8. The van der Waals surface area contributed by atoms with Crippen molar-refractivity contribution in [3.8, 4) is 11.5 Å². The summed E-state index contributed by atoms with van der Waals surface area (Å²) in [6, 6.07) is 21.8. The van der Waals surface area contributed by atoms with E-state index >= 15 is 0 Å². The summed E-state index contributed by atoms with van der Waals surface area (Å²) in [7, 11) is 1.63. The molecule has 1 atom stereocenters. The molecule has 3 rings (SSSR count). The summed E-state index contributed by atoms with van der Waals surface area (Å²) in [5, 5.41) is 4.71. The lowest BCUT2D eigenvalue weighted by Crippen LogP contribution is -2.18. The molecule has 28 heavy (non-hydrogen) atoms. The Morgan fingerprint density at radius 1 is 0.893 bits per heavy atom. The Hall–Kier alpha value is -2.20. The summed E-state index contributed by atoms with van der Waals surface area (Å²) in [5.74, 6) is 1.36. The van der Waals surface area contributed by atoms with Gasteiger partial charge in [0, 0.05) is 33.8 Å². The highest BCUT2D eigenvalue weighted by atomic mass is 35.5. The standard InChI is InChI=1S/C23H23Cl2NO2/c1-16(17-8-4-3-5-9-17)26-14-18-10-6-13-22(27-2)23(18)28-15-19-20(24)11-7-12-21(19)25/h3-13,16,26H,14-15H2,1-2H3/t16-/m1/s1. The van der Waals surface area contributed by atoms with Crippen LogP contribution in [0.1, 0.15) is 29.7 Å². The lowest BCUT2D eigenvalue weighted by molar-refractivity contribution is 0.280. The third-order valence-corrected chi connectivity index (χ3v) is 5.31. The van der Waals surface area contributed by atoms with Gasteiger partial charge in [-0.2, -0.15) is 0 Å². The van der Waals surface area contributed by atoms with E-state index in [1.807, 2.05) is 42.5 Å². The first kappa shape index (κ1) is 20.5. The van der Waals surface area contributed by atoms with E-state index in [1.54, 1.807) is 19.2 Å². The number of ether oxygens (including phenoxy) is 2. The molecule has 0 heterocycles. The maximum atomic E-state index is 6.27. The van der Waals surface area contributed by atoms with Crippen LogP contribution in [0, 0.1) is 0 Å². The van der Waals surface area contributed by atoms with Gasteiger partial charge in [-0.3, -0.25) is 0 Å². The molecule has 1 N–H and O–H groups in total. The second kappa shape index (κ2) is 9.83. The van der Waals surface area contributed by atoms with Crippen molar-refractivity contribution in [3.63, 3.8) is 0 Å². The first-order valence-corrected chi connectivity index (χ1v) is 9.85. The average molecular weight is 416 g/mol. The predicted molar refractivity (Wildman–Crippen MR) is 115 cm³/mol. The molecule has 3 nitrogen and oxygen atoms in total. The third kappa shape index (κ3) is 4.99. The van der Waals surface area contributed by atoms with Crippen LogP contribution in [-0.2, 0) is 13.2 Å². The van der Waals surface area contributed by atoms with Gasteiger partial charge in [-0.05, 0) is 30.7 Å². The highest BCUT2D eigenvalue weighted by molar-refractivity contribution is 6.35. The lowest BCUT2D eigenvalue weighted by atomic mass is 10.1. The van der Waals surface area contributed by atoms with Crippen molar-refractivity contribution < 1.29 is 9.47 Å². The maximum absolute atomic E-state index is 6.27. The number of hydrogen-bond donors (Lipinski definition) is 1. The molecule has 0 aliphatic carbocycles. The van der Waals surface area contributed by atoms with Crippen LogP contribution < -0.4 is 14.8 Å². The normalized spacial score (nSPS) is 11.9. The molecule has 3 aromatic rings. The average Bonchev–Trinajstić information content (AvgIpc) is 2.72. The van der Waals surface area contributed by atoms with Crippen molar-refractivity contribution in [1.29, 1.82) is 0 Å². The summed E-state index contributed by atoms with van der Waals surface area (Å²) < 4.78 is 11.6. The second-order valence-electron chi connectivity index (χ2n) is 6.45. The molecule has 0 saturated carbocycles. The van der Waals surface area contributed by atoms with Gasteiger partial charge in [0.15, 0.2) is 11.5 Å². The Labute approximate surface area is 176 Å². The van der Waals surface area contributed by atoms with Crippen molar-refractivity contribution in [2.24, 2.45) is 0 Å². The molecule has 0 aliphatic rings. The van der Waals surface area contributed by atoms with Crippen LogP contribution in [0.2, 0.25) is 10.0 Å². The lowest BCUT2D eigenvalue weighted by Gasteiger charge is -2.19. The minimum Gasteiger partial charge on any atom is -0.493 e. The molecule has 5 heteroatoms. The quantitative estimate of drug-likeness (QED) is 0.459. The van der Waals surface area contributed by atoms with Gasteiger partial charge in [0.25, 0.3) is 0 Å². The van der Waals surface area contributed by atoms with Crippen molar-refractivity contribution in [3.05, 3.63) is 93.5 Å². The van der Waals surface area contributed by atoms with Crippen LogP contribution in [0.3, 0.4) is 0 Å². The minimum absolute atomic E-state index is 0.207. The monoisotopic (exact) mass is 415 g/mol. The van der Waals surface area contributed by atoms with Crippen LogP contribution in [0.4, 0.5) is 0 Å². The Balaban J connectivity index is 1.77. The minimum atomic E-state index is 0.207. The molecule has 0 aromatic heterocycles. The molecule has 0 unspecified atom stereocenters. The van der Waals surface area contributed by atoms with Gasteiger partial charge in [0.1, 0.15) is 6.61 Å². The van der Waals surface area contributed by atoms with Crippen LogP contribution in [-0.4, -0.2) is 7.11 Å². The molecular formula is C23H23Cl2NO2. The second-order valence-corrected chi connectivity index (χ2v) is 7.27. The van der Waals surface area contributed by atoms with Crippen LogP contribution in [0.5, 0.6) is 11.5 Å². The fraction of sp³-hybridized carbons (Fsp3) is 0.217. The molecule has 0 bridgehead atoms. The summed E-state index contributed by atoms with van der Waals surface area (Å²) in [6.45, 7) is 3.04. The van der Waals surface area contributed by atoms with Gasteiger partial charge in [-0.15, -0.1) is 0 Å². The highest BCUT2D eigenvalue weighted by Gasteiger charge is 2.14. The molecular weight excluding hydrogens is 393 g/mol. The first-order valence-electron chi connectivity index (χ1n) is 9.10. The van der Waals surface area contributed by atoms with Crippen LogP contribution in [0.15, 0.2) is 66.7 Å². The van der Waals surface area contributed by atoms with E-state index in [2.05, 4.69) is 24.4 Å². The smallest absolute Gasteiger partial charge is 0.166 e. The van der Waals surface area contributed by atoms with E-state index < -0.39 is 0 Å². The first-order chi connectivity index (χ1) is 13.6. The molecule has 0 spiro atoms. The van der Waals surface area contributed by atoms with Gasteiger partial charge in [0.2, 0.25) is 0 Å². The molecule has 0 saturated heterocycles. The van der Waals surface area contributed by atoms with Crippen molar-refractivity contribution in [2.75, 3.05) is 7.11 Å². The highest BCUT2D eigenvalue weighted by Crippen LogP contribution is 2.34. The number of nitrogens with one attached hydrogen (secondary N) is 1. The van der Waals surface area contributed by atoms with Gasteiger partial charge in [-0.1, -0.05) is 71.7 Å². The van der Waals surface area contributed by atoms with Crippen LogP contribution >= 0.6 is 23.2 Å². The van der Waals surface area contributed by atoms with Crippen molar-refractivity contribution in [1.82, 2.24) is 5.32 Å². The Morgan fingerprint density at radius 2 is 1.57 bits per heavy atom. The predicted octanol–water partition coefficient (Wildman–Crippen LogP) is 6.43. The molecule has 0 fully saturated rings. The van der Waals surface area contributed by atoms with Gasteiger partial charge < -0.3 is 14.8 Å². The molecule has 0 amide bonds. The van der Waals surface area contributed by atoms with E-state index in [0.717, 1.165) is 11.1 Å². The Bertz CT molecular complexity index is 895. The fourth-order valence-corrected chi connectivity index (χ4v) is 3.47. The zero-order valence-electron chi connectivity index (χ0n) is 15.9. The number of hydrogen-bond acceptors (Lipinski definition) is 3. The molecule has 0 radical (unpaired) electrons. The largest absolute Gasteiger partial charge is 0.493 e. The maximum Gasteiger partial charge on any atom is 0.166 e. The summed E-state index contributed by atoms with van der Waals surface area (Å²) in [6.07, 6.45) is 0. The summed E-state index contributed by atoms with van der Waals surface area (Å²) >= 11 is 12.5. The van der Waals surface area contributed by atoms with Crippen molar-refractivity contribution in [2.45, 2.75) is 26.1 Å². The molecule has 0 aliphatic heterocycles. The number of halogens is 2. The number of methoxy groups -OCH3 is 1. The van der Waals surface area contributed by atoms with E-state index in [-0.39, 0.29) is 12.6 Å². The zero-order chi connectivity index (χ0) is 19.9. The van der Waals surface area contributed by atoms with Gasteiger partial charge >= 0.3 is 0 Å². The van der Waals surface area contributed by atoms with Crippen molar-refractivity contribution >= 4 is 23.2 Å². The summed E-state index contributed by atoms with van der Waals surface area (Å²) in [4.78, 5) is 0. The van der Waals surface area contributed by atoms with E-state index in [0.29, 0.717) is 28.1 Å². The number of benzene rings is 3. The Kier molecular flexibility index (Phi) is 7.21.